The average molecular weight is 421 g/mol. The largest absolute Gasteiger partial charge is 0.461 e. The summed E-state index contributed by atoms with van der Waals surface area (Å²) in [5.74, 6) is 0.645. The molecule has 1 amide bonds. The molecular weight excluding hydrogens is 403 g/mol. The Morgan fingerprint density at radius 3 is 2.89 bits per heavy atom. The topological polar surface area (TPSA) is 64.2 Å². The highest BCUT2D eigenvalue weighted by molar-refractivity contribution is 7.99. The number of benzene rings is 1. The Morgan fingerprint density at radius 1 is 1.39 bits per heavy atom. The van der Waals surface area contributed by atoms with Crippen molar-refractivity contribution in [3.8, 4) is 11.6 Å². The molecule has 0 spiro atoms. The van der Waals surface area contributed by atoms with Gasteiger partial charge in [0.1, 0.15) is 5.82 Å². The number of carbonyl (C=O) groups excluding carboxylic acids is 1. The number of thioether (sulfide) groups is 1. The fourth-order valence-electron chi connectivity index (χ4n) is 2.52. The Morgan fingerprint density at radius 2 is 2.21 bits per heavy atom. The van der Waals surface area contributed by atoms with Gasteiger partial charge >= 0.3 is 0 Å². The molecule has 0 saturated heterocycles. The molecule has 9 heteroatoms. The molecule has 0 atom stereocenters. The van der Waals surface area contributed by atoms with Gasteiger partial charge in [0.15, 0.2) is 10.9 Å². The summed E-state index contributed by atoms with van der Waals surface area (Å²) in [5.41, 5.74) is 0.292. The molecule has 0 N–H and O–H groups in total. The third-order valence-electron chi connectivity index (χ3n) is 3.98. The van der Waals surface area contributed by atoms with Crippen LogP contribution in [-0.2, 0) is 17.9 Å². The second-order valence-electron chi connectivity index (χ2n) is 5.92. The molecule has 3 rings (SSSR count). The first-order chi connectivity index (χ1) is 13.5. The highest BCUT2D eigenvalue weighted by atomic mass is 35.5. The van der Waals surface area contributed by atoms with E-state index >= 15 is 0 Å². The molecule has 3 aromatic rings. The number of nitrogens with zero attached hydrogens (tertiary/aromatic N) is 4. The average Bonchev–Trinajstić information content (AvgIpc) is 3.33. The van der Waals surface area contributed by atoms with E-state index in [4.69, 9.17) is 16.0 Å². The number of hydrogen-bond donors (Lipinski definition) is 0. The van der Waals surface area contributed by atoms with E-state index in [-0.39, 0.29) is 18.2 Å². The van der Waals surface area contributed by atoms with E-state index in [1.54, 1.807) is 37.6 Å². The van der Waals surface area contributed by atoms with E-state index in [2.05, 4.69) is 16.8 Å². The van der Waals surface area contributed by atoms with E-state index in [1.807, 2.05) is 4.57 Å². The number of carbonyl (C=O) groups is 1. The van der Waals surface area contributed by atoms with E-state index in [9.17, 15) is 9.18 Å². The van der Waals surface area contributed by atoms with Crippen LogP contribution in [0.2, 0.25) is 5.02 Å². The van der Waals surface area contributed by atoms with Crippen molar-refractivity contribution in [2.75, 3.05) is 12.8 Å². The van der Waals surface area contributed by atoms with Crippen LogP contribution >= 0.6 is 23.4 Å². The summed E-state index contributed by atoms with van der Waals surface area (Å²) in [4.78, 5) is 13.9. The van der Waals surface area contributed by atoms with Crippen LogP contribution < -0.4 is 0 Å². The van der Waals surface area contributed by atoms with Gasteiger partial charge in [-0.3, -0.25) is 9.36 Å². The minimum Gasteiger partial charge on any atom is -0.461 e. The summed E-state index contributed by atoms with van der Waals surface area (Å²) in [6.07, 6.45) is 3.27. The van der Waals surface area contributed by atoms with Gasteiger partial charge in [-0.2, -0.15) is 0 Å². The second kappa shape index (κ2) is 9.07. The highest BCUT2D eigenvalue weighted by Crippen LogP contribution is 2.25. The van der Waals surface area contributed by atoms with E-state index in [0.29, 0.717) is 33.9 Å². The van der Waals surface area contributed by atoms with E-state index < -0.39 is 5.82 Å². The second-order valence-corrected chi connectivity index (χ2v) is 7.27. The summed E-state index contributed by atoms with van der Waals surface area (Å²) in [6, 6.07) is 8.00. The van der Waals surface area contributed by atoms with Crippen molar-refractivity contribution in [2.45, 2.75) is 18.2 Å². The first-order valence-electron chi connectivity index (χ1n) is 8.39. The van der Waals surface area contributed by atoms with Crippen molar-refractivity contribution in [2.24, 2.45) is 0 Å². The number of hydrogen-bond acceptors (Lipinski definition) is 5. The van der Waals surface area contributed by atoms with Crippen LogP contribution in [0.4, 0.5) is 4.39 Å². The fourth-order valence-corrected chi connectivity index (χ4v) is 3.63. The third kappa shape index (κ3) is 4.45. The summed E-state index contributed by atoms with van der Waals surface area (Å²) in [7, 11) is 1.61. The Balaban J connectivity index is 1.68. The number of halogens is 2. The molecule has 6 nitrogen and oxygen atoms in total. The van der Waals surface area contributed by atoms with Gasteiger partial charge in [0.25, 0.3) is 0 Å². The van der Waals surface area contributed by atoms with Crippen LogP contribution in [0, 0.1) is 5.82 Å². The molecule has 0 unspecified atom stereocenters. The van der Waals surface area contributed by atoms with Crippen LogP contribution in [0.15, 0.2) is 58.8 Å². The predicted octanol–water partition coefficient (Wildman–Crippen LogP) is 4.27. The molecule has 0 fully saturated rings. The van der Waals surface area contributed by atoms with Crippen molar-refractivity contribution in [3.05, 3.63) is 65.7 Å². The maximum atomic E-state index is 13.9. The minimum absolute atomic E-state index is 0.0852. The SMILES string of the molecule is C=CCn1c(SCC(=O)N(C)Cc2c(F)cccc2Cl)nnc1-c1ccco1. The smallest absolute Gasteiger partial charge is 0.233 e. The van der Waals surface area contributed by atoms with E-state index in [1.165, 1.54) is 28.8 Å². The van der Waals surface area contributed by atoms with Crippen molar-refractivity contribution in [3.63, 3.8) is 0 Å². The van der Waals surface area contributed by atoms with Crippen LogP contribution in [0.25, 0.3) is 11.6 Å². The first kappa shape index (κ1) is 20.2. The van der Waals surface area contributed by atoms with Gasteiger partial charge in [0, 0.05) is 30.7 Å². The van der Waals surface area contributed by atoms with Gasteiger partial charge in [-0.25, -0.2) is 4.39 Å². The van der Waals surface area contributed by atoms with Gasteiger partial charge in [0.05, 0.1) is 12.0 Å². The van der Waals surface area contributed by atoms with Crippen molar-refractivity contribution < 1.29 is 13.6 Å². The normalized spacial score (nSPS) is 10.8. The zero-order chi connectivity index (χ0) is 20.1. The lowest BCUT2D eigenvalue weighted by molar-refractivity contribution is -0.127. The maximum Gasteiger partial charge on any atom is 0.233 e. The number of allylic oxidation sites excluding steroid dienone is 1. The van der Waals surface area contributed by atoms with Crippen molar-refractivity contribution in [1.82, 2.24) is 19.7 Å². The summed E-state index contributed by atoms with van der Waals surface area (Å²) >= 11 is 7.28. The Labute approximate surface area is 171 Å². The number of aromatic nitrogens is 3. The van der Waals surface area contributed by atoms with Crippen molar-refractivity contribution in [1.29, 1.82) is 0 Å². The molecule has 0 bridgehead atoms. The molecule has 146 valence electrons. The lowest BCUT2D eigenvalue weighted by atomic mass is 10.2. The van der Waals surface area contributed by atoms with Crippen LogP contribution in [-0.4, -0.2) is 38.4 Å². The Kier molecular flexibility index (Phi) is 6.53. The summed E-state index contributed by atoms with van der Waals surface area (Å²) < 4.78 is 21.1. The van der Waals surface area contributed by atoms with Crippen molar-refractivity contribution >= 4 is 29.3 Å². The molecule has 0 aliphatic rings. The summed E-state index contributed by atoms with van der Waals surface area (Å²) in [5, 5.41) is 9.16. The molecule has 0 aliphatic carbocycles. The highest BCUT2D eigenvalue weighted by Gasteiger charge is 2.19. The Bertz CT molecular complexity index is 954. The van der Waals surface area contributed by atoms with Gasteiger partial charge in [0.2, 0.25) is 11.7 Å². The molecule has 0 aliphatic heterocycles. The van der Waals surface area contributed by atoms with Crippen LogP contribution in [0.5, 0.6) is 0 Å². The van der Waals surface area contributed by atoms with Crippen LogP contribution in [0.1, 0.15) is 5.56 Å². The van der Waals surface area contributed by atoms with E-state index in [0.717, 1.165) is 0 Å². The quantitative estimate of drug-likeness (QED) is 0.402. The molecule has 28 heavy (non-hydrogen) atoms. The Hall–Kier alpha value is -2.58. The minimum atomic E-state index is -0.436. The zero-order valence-corrected chi connectivity index (χ0v) is 16.7. The molecule has 2 heterocycles. The standard InChI is InChI=1S/C19H18ClFN4O2S/c1-3-9-25-18(16-8-5-10-27-16)22-23-19(25)28-12-17(26)24(2)11-13-14(20)6-4-7-15(13)21/h3-8,10H,1,9,11-12H2,2H3. The molecule has 0 saturated carbocycles. The summed E-state index contributed by atoms with van der Waals surface area (Å²) in [6.45, 7) is 4.30. The van der Waals surface area contributed by atoms with Gasteiger partial charge in [-0.05, 0) is 24.3 Å². The maximum absolute atomic E-state index is 13.9. The molecule has 1 aromatic carbocycles. The third-order valence-corrected chi connectivity index (χ3v) is 5.28. The predicted molar refractivity (Wildman–Crippen MR) is 107 cm³/mol. The van der Waals surface area contributed by atoms with Gasteiger partial charge < -0.3 is 9.32 Å². The molecule has 0 radical (unpaired) electrons. The zero-order valence-electron chi connectivity index (χ0n) is 15.1. The lowest BCUT2D eigenvalue weighted by Crippen LogP contribution is -2.28. The number of amides is 1. The number of furan rings is 1. The van der Waals surface area contributed by atoms with Gasteiger partial charge in [-0.1, -0.05) is 35.5 Å². The van der Waals surface area contributed by atoms with Gasteiger partial charge in [-0.15, -0.1) is 16.8 Å². The first-order valence-corrected chi connectivity index (χ1v) is 9.75. The molecule has 2 aromatic heterocycles. The fraction of sp³-hybridized carbons (Fsp3) is 0.211. The van der Waals surface area contributed by atoms with Crippen LogP contribution in [0.3, 0.4) is 0 Å². The molecular formula is C19H18ClFN4O2S. The number of rotatable bonds is 8. The monoisotopic (exact) mass is 420 g/mol. The lowest BCUT2D eigenvalue weighted by Gasteiger charge is -2.18.